The molecule has 1 aromatic carbocycles. The molecule has 2 rings (SSSR count). The van der Waals surface area contributed by atoms with Crippen LogP contribution >= 0.6 is 0 Å². The summed E-state index contributed by atoms with van der Waals surface area (Å²) in [6.07, 6.45) is -0.463. The molecule has 1 aromatic heterocycles. The van der Waals surface area contributed by atoms with Gasteiger partial charge in [0.05, 0.1) is 0 Å². The van der Waals surface area contributed by atoms with Crippen LogP contribution in [-0.4, -0.2) is 22.6 Å². The molecule has 6 heteroatoms. The van der Waals surface area contributed by atoms with E-state index in [2.05, 4.69) is 10.3 Å². The number of primary amides is 1. The lowest BCUT2D eigenvalue weighted by molar-refractivity contribution is 0.0523. The Labute approximate surface area is 122 Å². The van der Waals surface area contributed by atoms with E-state index in [9.17, 15) is 9.59 Å². The predicted molar refractivity (Wildman–Crippen MR) is 79.9 cm³/mol. The Morgan fingerprint density at radius 3 is 2.62 bits per heavy atom. The zero-order chi connectivity index (χ0) is 15.6. The zero-order valence-electron chi connectivity index (χ0n) is 12.3. The molecule has 0 saturated carbocycles. The molecule has 0 unspecified atom stereocenters. The molecule has 0 spiro atoms. The molecule has 0 aliphatic carbocycles. The summed E-state index contributed by atoms with van der Waals surface area (Å²) in [7, 11) is 0. The van der Waals surface area contributed by atoms with Crippen LogP contribution in [-0.2, 0) is 11.3 Å². The maximum absolute atomic E-state index is 11.6. The van der Waals surface area contributed by atoms with Crippen molar-refractivity contribution in [1.29, 1.82) is 0 Å². The summed E-state index contributed by atoms with van der Waals surface area (Å²) < 4.78 is 5.17. The van der Waals surface area contributed by atoms with Gasteiger partial charge in [0.15, 0.2) is 0 Å². The van der Waals surface area contributed by atoms with Crippen molar-refractivity contribution in [3.8, 4) is 0 Å². The highest BCUT2D eigenvalue weighted by Crippen LogP contribution is 2.17. The van der Waals surface area contributed by atoms with Crippen LogP contribution in [0.25, 0.3) is 10.9 Å². The number of H-pyrrole nitrogens is 1. The molecule has 2 amide bonds. The Hall–Kier alpha value is -2.50. The van der Waals surface area contributed by atoms with E-state index < -0.39 is 17.6 Å². The summed E-state index contributed by atoms with van der Waals surface area (Å²) in [5.41, 5.74) is 6.80. The van der Waals surface area contributed by atoms with E-state index in [1.54, 1.807) is 6.07 Å². The molecule has 0 radical (unpaired) electrons. The number of nitrogens with two attached hydrogens (primary N) is 1. The molecule has 0 saturated heterocycles. The first-order valence-corrected chi connectivity index (χ1v) is 6.63. The summed E-state index contributed by atoms with van der Waals surface area (Å²) in [5.74, 6) is -0.500. The first-order valence-electron chi connectivity index (χ1n) is 6.63. The Morgan fingerprint density at radius 1 is 1.29 bits per heavy atom. The largest absolute Gasteiger partial charge is 0.444 e. The van der Waals surface area contributed by atoms with E-state index in [0.717, 1.165) is 16.5 Å². The monoisotopic (exact) mass is 289 g/mol. The number of benzene rings is 1. The molecule has 21 heavy (non-hydrogen) atoms. The smallest absolute Gasteiger partial charge is 0.407 e. The van der Waals surface area contributed by atoms with Gasteiger partial charge in [0.25, 0.3) is 5.91 Å². The molecular weight excluding hydrogens is 270 g/mol. The highest BCUT2D eigenvalue weighted by Gasteiger charge is 2.15. The van der Waals surface area contributed by atoms with Crippen molar-refractivity contribution >= 4 is 22.9 Å². The van der Waals surface area contributed by atoms with Crippen molar-refractivity contribution in [2.75, 3.05) is 0 Å². The van der Waals surface area contributed by atoms with Gasteiger partial charge in [-0.2, -0.15) is 0 Å². The van der Waals surface area contributed by atoms with Crippen LogP contribution < -0.4 is 11.1 Å². The number of fused-ring (bicyclic) bond motifs is 1. The number of aromatic amines is 1. The number of alkyl carbamates (subject to hydrolysis) is 1. The molecule has 0 aliphatic heterocycles. The minimum atomic E-state index is -0.523. The van der Waals surface area contributed by atoms with Gasteiger partial charge in [-0.25, -0.2) is 4.79 Å². The molecular formula is C15H19N3O3. The number of hydrogen-bond donors (Lipinski definition) is 3. The van der Waals surface area contributed by atoms with Crippen LogP contribution in [0.1, 0.15) is 36.8 Å². The molecule has 2 aromatic rings. The number of amides is 2. The summed E-state index contributed by atoms with van der Waals surface area (Å²) in [6, 6.07) is 7.28. The Balaban J connectivity index is 2.06. The third kappa shape index (κ3) is 3.98. The van der Waals surface area contributed by atoms with Gasteiger partial charge >= 0.3 is 6.09 Å². The second-order valence-electron chi connectivity index (χ2n) is 5.82. The standard InChI is InChI=1S/C15H19N3O3/c1-15(2,3)21-14(20)17-8-9-4-5-11-10(6-9)7-12(18-11)13(16)19/h4-7,18H,8H2,1-3H3,(H2,16,19)(H,17,20). The van der Waals surface area contributed by atoms with Gasteiger partial charge in [-0.1, -0.05) is 6.07 Å². The summed E-state index contributed by atoms with van der Waals surface area (Å²) in [6.45, 7) is 5.78. The van der Waals surface area contributed by atoms with Gasteiger partial charge < -0.3 is 20.8 Å². The number of hydrogen-bond acceptors (Lipinski definition) is 3. The van der Waals surface area contributed by atoms with Crippen molar-refractivity contribution in [3.63, 3.8) is 0 Å². The number of aromatic nitrogens is 1. The van der Waals surface area contributed by atoms with Gasteiger partial charge in [-0.05, 0) is 44.5 Å². The summed E-state index contributed by atoms with van der Waals surface area (Å²) in [5, 5.41) is 3.55. The fourth-order valence-electron chi connectivity index (χ4n) is 1.91. The molecule has 0 aliphatic rings. The molecule has 1 heterocycles. The third-order valence-corrected chi connectivity index (χ3v) is 2.79. The van der Waals surface area contributed by atoms with Crippen LogP contribution in [0.4, 0.5) is 4.79 Å². The summed E-state index contributed by atoms with van der Waals surface area (Å²) in [4.78, 5) is 25.6. The van der Waals surface area contributed by atoms with Crippen LogP contribution in [0, 0.1) is 0 Å². The van der Waals surface area contributed by atoms with Crippen molar-refractivity contribution in [3.05, 3.63) is 35.5 Å². The van der Waals surface area contributed by atoms with Crippen LogP contribution in [0.15, 0.2) is 24.3 Å². The SMILES string of the molecule is CC(C)(C)OC(=O)NCc1ccc2[nH]c(C(N)=O)cc2c1. The minimum Gasteiger partial charge on any atom is -0.444 e. The quantitative estimate of drug-likeness (QED) is 0.808. The van der Waals surface area contributed by atoms with Crippen molar-refractivity contribution < 1.29 is 14.3 Å². The normalized spacial score (nSPS) is 11.4. The Bertz CT molecular complexity index is 683. The topological polar surface area (TPSA) is 97.2 Å². The lowest BCUT2D eigenvalue weighted by Gasteiger charge is -2.19. The summed E-state index contributed by atoms with van der Waals surface area (Å²) >= 11 is 0. The van der Waals surface area contributed by atoms with E-state index in [0.29, 0.717) is 12.2 Å². The van der Waals surface area contributed by atoms with Gasteiger partial charge in [0, 0.05) is 17.4 Å². The van der Waals surface area contributed by atoms with E-state index in [-0.39, 0.29) is 0 Å². The van der Waals surface area contributed by atoms with E-state index in [4.69, 9.17) is 10.5 Å². The molecule has 0 atom stereocenters. The molecule has 112 valence electrons. The maximum atomic E-state index is 11.6. The molecule has 0 fully saturated rings. The average Bonchev–Trinajstić information content (AvgIpc) is 2.77. The number of rotatable bonds is 3. The fraction of sp³-hybridized carbons (Fsp3) is 0.333. The third-order valence-electron chi connectivity index (χ3n) is 2.79. The van der Waals surface area contributed by atoms with E-state index in [1.807, 2.05) is 39.0 Å². The number of carbonyl (C=O) groups is 2. The lowest BCUT2D eigenvalue weighted by atomic mass is 10.1. The van der Waals surface area contributed by atoms with Gasteiger partial charge in [-0.3, -0.25) is 4.79 Å². The van der Waals surface area contributed by atoms with Crippen LogP contribution in [0.3, 0.4) is 0 Å². The van der Waals surface area contributed by atoms with Crippen LogP contribution in [0.2, 0.25) is 0 Å². The van der Waals surface area contributed by atoms with Gasteiger partial charge in [0.1, 0.15) is 11.3 Å². The maximum Gasteiger partial charge on any atom is 0.407 e. The van der Waals surface area contributed by atoms with E-state index >= 15 is 0 Å². The van der Waals surface area contributed by atoms with Crippen molar-refractivity contribution in [2.24, 2.45) is 5.73 Å². The second-order valence-corrected chi connectivity index (χ2v) is 5.82. The number of ether oxygens (including phenoxy) is 1. The fourth-order valence-corrected chi connectivity index (χ4v) is 1.91. The first kappa shape index (κ1) is 14.9. The second kappa shape index (κ2) is 5.47. The number of nitrogens with one attached hydrogen (secondary N) is 2. The van der Waals surface area contributed by atoms with Gasteiger partial charge in [0.2, 0.25) is 0 Å². The predicted octanol–water partition coefficient (Wildman–Crippen LogP) is 2.29. The van der Waals surface area contributed by atoms with Crippen molar-refractivity contribution in [2.45, 2.75) is 32.9 Å². The molecule has 4 N–H and O–H groups in total. The van der Waals surface area contributed by atoms with E-state index in [1.165, 1.54) is 0 Å². The van der Waals surface area contributed by atoms with Crippen molar-refractivity contribution in [1.82, 2.24) is 10.3 Å². The average molecular weight is 289 g/mol. The lowest BCUT2D eigenvalue weighted by Crippen LogP contribution is -2.32. The van der Waals surface area contributed by atoms with Gasteiger partial charge in [-0.15, -0.1) is 0 Å². The Kier molecular flexibility index (Phi) is 3.88. The highest BCUT2D eigenvalue weighted by atomic mass is 16.6. The number of carbonyl (C=O) groups excluding carboxylic acids is 2. The van der Waals surface area contributed by atoms with Crippen LogP contribution in [0.5, 0.6) is 0 Å². The highest BCUT2D eigenvalue weighted by molar-refractivity contribution is 5.97. The zero-order valence-corrected chi connectivity index (χ0v) is 12.3. The molecule has 6 nitrogen and oxygen atoms in total. The minimum absolute atomic E-state index is 0.349. The Morgan fingerprint density at radius 2 is 2.00 bits per heavy atom. The first-order chi connectivity index (χ1) is 9.74. The molecule has 0 bridgehead atoms.